The fourth-order valence-electron chi connectivity index (χ4n) is 1.53. The maximum atomic E-state index is 9.75. The van der Waals surface area contributed by atoms with Gasteiger partial charge in [0.25, 0.3) is 0 Å². The van der Waals surface area contributed by atoms with Crippen LogP contribution in [0.5, 0.6) is 11.5 Å². The summed E-state index contributed by atoms with van der Waals surface area (Å²) >= 11 is 7.84. The number of hydrazone groups is 1. The number of phenols is 1. The molecule has 0 heterocycles. The molecule has 0 amide bonds. The molecule has 0 aliphatic carbocycles. The summed E-state index contributed by atoms with van der Waals surface area (Å²) in [5.41, 5.74) is 4.56. The molecule has 0 unspecified atom stereocenters. The number of phenolic OH excluding ortho intramolecular Hbond substituents is 1. The summed E-state index contributed by atoms with van der Waals surface area (Å²) in [6.45, 7) is 0. The Morgan fingerprint density at radius 3 is 2.65 bits per heavy atom. The lowest BCUT2D eigenvalue weighted by Crippen LogP contribution is -1.93. The van der Waals surface area contributed by atoms with Crippen LogP contribution >= 0.6 is 34.2 Å². The van der Waals surface area contributed by atoms with Gasteiger partial charge in [-0.2, -0.15) is 5.10 Å². The first-order valence-electron chi connectivity index (χ1n) is 5.71. The highest BCUT2D eigenvalue weighted by molar-refractivity contribution is 14.1. The largest absolute Gasteiger partial charge is 0.504 e. The van der Waals surface area contributed by atoms with Gasteiger partial charge in [0.15, 0.2) is 11.5 Å². The Labute approximate surface area is 135 Å². The van der Waals surface area contributed by atoms with Gasteiger partial charge < -0.3 is 9.84 Å². The summed E-state index contributed by atoms with van der Waals surface area (Å²) < 4.78 is 5.80. The van der Waals surface area contributed by atoms with Crippen LogP contribution in [0.2, 0.25) is 5.02 Å². The van der Waals surface area contributed by atoms with E-state index in [1.165, 1.54) is 7.11 Å². The van der Waals surface area contributed by atoms with Crippen molar-refractivity contribution < 1.29 is 9.84 Å². The summed E-state index contributed by atoms with van der Waals surface area (Å²) in [5.74, 6) is 0.556. The molecule has 0 aliphatic heterocycles. The second-order valence-corrected chi connectivity index (χ2v) is 5.53. The zero-order valence-corrected chi connectivity index (χ0v) is 13.5. The molecule has 0 aliphatic rings. The van der Waals surface area contributed by atoms with Crippen molar-refractivity contribution in [1.29, 1.82) is 0 Å². The van der Waals surface area contributed by atoms with Crippen molar-refractivity contribution in [1.82, 2.24) is 0 Å². The topological polar surface area (TPSA) is 53.8 Å². The Bertz CT molecular complexity index is 630. The lowest BCUT2D eigenvalue weighted by Gasteiger charge is -2.06. The fraction of sp³-hybridized carbons (Fsp3) is 0.0714. The van der Waals surface area contributed by atoms with E-state index in [1.54, 1.807) is 24.4 Å². The highest BCUT2D eigenvalue weighted by Gasteiger charge is 2.07. The second kappa shape index (κ2) is 6.81. The van der Waals surface area contributed by atoms with Crippen LogP contribution in [0.15, 0.2) is 41.5 Å². The van der Waals surface area contributed by atoms with Gasteiger partial charge in [-0.05, 0) is 64.6 Å². The van der Waals surface area contributed by atoms with E-state index < -0.39 is 0 Å². The van der Waals surface area contributed by atoms with Crippen molar-refractivity contribution in [3.05, 3.63) is 50.6 Å². The number of halogens is 2. The number of ether oxygens (including phenoxy) is 1. The van der Waals surface area contributed by atoms with Gasteiger partial charge in [0, 0.05) is 5.02 Å². The predicted molar refractivity (Wildman–Crippen MR) is 90.0 cm³/mol. The standard InChI is InChI=1S/C14H12ClIN2O2/c1-20-13-7-9(6-12(16)14(13)19)8-17-18-11-4-2-10(15)3-5-11/h2-8,18-19H,1H3. The van der Waals surface area contributed by atoms with E-state index in [0.717, 1.165) is 11.3 Å². The van der Waals surface area contributed by atoms with Crippen LogP contribution in [0.4, 0.5) is 5.69 Å². The average Bonchev–Trinajstić information content (AvgIpc) is 2.44. The third-order valence-electron chi connectivity index (χ3n) is 2.52. The lowest BCUT2D eigenvalue weighted by atomic mass is 10.2. The molecule has 0 radical (unpaired) electrons. The van der Waals surface area contributed by atoms with Crippen LogP contribution in [0.1, 0.15) is 5.56 Å². The number of hydrogen-bond acceptors (Lipinski definition) is 4. The molecule has 2 N–H and O–H groups in total. The number of rotatable bonds is 4. The first kappa shape index (κ1) is 14.9. The van der Waals surface area contributed by atoms with Crippen molar-refractivity contribution in [2.45, 2.75) is 0 Å². The van der Waals surface area contributed by atoms with Gasteiger partial charge >= 0.3 is 0 Å². The molecule has 0 bridgehead atoms. The Morgan fingerprint density at radius 1 is 1.30 bits per heavy atom. The molecule has 0 spiro atoms. The zero-order valence-electron chi connectivity index (χ0n) is 10.6. The number of nitrogens with zero attached hydrogens (tertiary/aromatic N) is 1. The van der Waals surface area contributed by atoms with Crippen molar-refractivity contribution in [3.8, 4) is 11.5 Å². The van der Waals surface area contributed by atoms with E-state index in [4.69, 9.17) is 16.3 Å². The number of nitrogens with one attached hydrogen (secondary N) is 1. The number of hydrogen-bond donors (Lipinski definition) is 2. The molecule has 0 atom stereocenters. The molecule has 0 aromatic heterocycles. The number of aromatic hydroxyl groups is 1. The Balaban J connectivity index is 2.11. The number of benzene rings is 2. The molecule has 2 rings (SSSR count). The van der Waals surface area contributed by atoms with Gasteiger partial charge in [-0.25, -0.2) is 0 Å². The number of methoxy groups -OCH3 is 1. The molecule has 0 fully saturated rings. The minimum absolute atomic E-state index is 0.135. The third-order valence-corrected chi connectivity index (χ3v) is 3.60. The monoisotopic (exact) mass is 402 g/mol. The first-order valence-corrected chi connectivity index (χ1v) is 7.17. The van der Waals surface area contributed by atoms with E-state index in [2.05, 4.69) is 10.5 Å². The zero-order chi connectivity index (χ0) is 14.5. The van der Waals surface area contributed by atoms with Crippen LogP contribution in [0.25, 0.3) is 0 Å². The minimum atomic E-state index is 0.135. The minimum Gasteiger partial charge on any atom is -0.504 e. The van der Waals surface area contributed by atoms with E-state index in [9.17, 15) is 5.11 Å². The third kappa shape index (κ3) is 3.77. The van der Waals surface area contributed by atoms with Crippen molar-refractivity contribution >= 4 is 46.1 Å². The molecule has 6 heteroatoms. The van der Waals surface area contributed by atoms with Gasteiger partial charge in [-0.3, -0.25) is 5.43 Å². The van der Waals surface area contributed by atoms with E-state index in [0.29, 0.717) is 14.3 Å². The summed E-state index contributed by atoms with van der Waals surface area (Å²) in [4.78, 5) is 0. The molecule has 2 aromatic carbocycles. The van der Waals surface area contributed by atoms with E-state index in [-0.39, 0.29) is 5.75 Å². The smallest absolute Gasteiger partial charge is 0.171 e. The van der Waals surface area contributed by atoms with Crippen LogP contribution in [0.3, 0.4) is 0 Å². The Kier molecular flexibility index (Phi) is 5.08. The quantitative estimate of drug-likeness (QED) is 0.460. The molecular formula is C14H12ClIN2O2. The normalized spacial score (nSPS) is 10.8. The predicted octanol–water partition coefficient (Wildman–Crippen LogP) is 4.10. The van der Waals surface area contributed by atoms with Crippen molar-refractivity contribution in [3.63, 3.8) is 0 Å². The first-order chi connectivity index (χ1) is 9.60. The molecule has 4 nitrogen and oxygen atoms in total. The number of anilines is 1. The maximum absolute atomic E-state index is 9.75. The van der Waals surface area contributed by atoms with Gasteiger partial charge in [-0.15, -0.1) is 0 Å². The molecule has 104 valence electrons. The highest BCUT2D eigenvalue weighted by atomic mass is 127. The van der Waals surface area contributed by atoms with Crippen LogP contribution < -0.4 is 10.2 Å². The highest BCUT2D eigenvalue weighted by Crippen LogP contribution is 2.31. The SMILES string of the molecule is COc1cc(C=NNc2ccc(Cl)cc2)cc(I)c1O. The van der Waals surface area contributed by atoms with Crippen LogP contribution in [-0.2, 0) is 0 Å². The van der Waals surface area contributed by atoms with Gasteiger partial charge in [-0.1, -0.05) is 11.6 Å². The van der Waals surface area contributed by atoms with E-state index in [1.807, 2.05) is 40.8 Å². The van der Waals surface area contributed by atoms with Crippen LogP contribution in [-0.4, -0.2) is 18.4 Å². The average molecular weight is 403 g/mol. The molecule has 0 saturated heterocycles. The van der Waals surface area contributed by atoms with Gasteiger partial charge in [0.1, 0.15) is 0 Å². The molecule has 2 aromatic rings. The summed E-state index contributed by atoms with van der Waals surface area (Å²) in [5, 5.41) is 14.6. The molecule has 20 heavy (non-hydrogen) atoms. The fourth-order valence-corrected chi connectivity index (χ4v) is 2.28. The Hall–Kier alpha value is -1.47. The molecular weight excluding hydrogens is 391 g/mol. The van der Waals surface area contributed by atoms with Crippen molar-refractivity contribution in [2.24, 2.45) is 5.10 Å². The van der Waals surface area contributed by atoms with Crippen molar-refractivity contribution in [2.75, 3.05) is 12.5 Å². The van der Waals surface area contributed by atoms with Gasteiger partial charge in [0.2, 0.25) is 0 Å². The Morgan fingerprint density at radius 2 is 2.00 bits per heavy atom. The van der Waals surface area contributed by atoms with Gasteiger partial charge in [0.05, 0.1) is 22.6 Å². The lowest BCUT2D eigenvalue weighted by molar-refractivity contribution is 0.371. The van der Waals surface area contributed by atoms with E-state index >= 15 is 0 Å². The second-order valence-electron chi connectivity index (χ2n) is 3.93. The summed E-state index contributed by atoms with van der Waals surface area (Å²) in [6, 6.07) is 10.8. The molecule has 0 saturated carbocycles. The van der Waals surface area contributed by atoms with Crippen LogP contribution in [0, 0.1) is 3.57 Å². The summed E-state index contributed by atoms with van der Waals surface area (Å²) in [6.07, 6.45) is 1.65. The maximum Gasteiger partial charge on any atom is 0.171 e. The summed E-state index contributed by atoms with van der Waals surface area (Å²) in [7, 11) is 1.51.